The quantitative estimate of drug-likeness (QED) is 0.556. The zero-order chi connectivity index (χ0) is 20.1. The summed E-state index contributed by atoms with van der Waals surface area (Å²) >= 11 is 0. The van der Waals surface area contributed by atoms with Gasteiger partial charge in [0.05, 0.1) is 11.4 Å². The Labute approximate surface area is 164 Å². The number of imidazole rings is 1. The number of allylic oxidation sites excluding steroid dienone is 5. The van der Waals surface area contributed by atoms with Gasteiger partial charge in [-0.15, -0.1) is 0 Å². The van der Waals surface area contributed by atoms with Crippen LogP contribution in [0.1, 0.15) is 58.0 Å². The van der Waals surface area contributed by atoms with Gasteiger partial charge in [-0.05, 0) is 32.5 Å². The molecule has 0 saturated carbocycles. The van der Waals surface area contributed by atoms with Gasteiger partial charge >= 0.3 is 0 Å². The number of hydrogen-bond donors (Lipinski definition) is 2. The van der Waals surface area contributed by atoms with Crippen LogP contribution in [0.3, 0.4) is 0 Å². The summed E-state index contributed by atoms with van der Waals surface area (Å²) in [5, 5.41) is 3.28. The van der Waals surface area contributed by atoms with E-state index in [2.05, 4.69) is 34.9 Å². The molecule has 2 N–H and O–H groups in total. The molecule has 2 aromatic heterocycles. The van der Waals surface area contributed by atoms with Crippen molar-refractivity contribution in [2.24, 2.45) is 0 Å². The van der Waals surface area contributed by atoms with Crippen LogP contribution in [0.15, 0.2) is 55.4 Å². The van der Waals surface area contributed by atoms with Crippen LogP contribution in [0.2, 0.25) is 0 Å². The lowest BCUT2D eigenvalue weighted by Gasteiger charge is -2.12. The second-order valence-corrected chi connectivity index (χ2v) is 5.98. The molecule has 0 spiro atoms. The van der Waals surface area contributed by atoms with Crippen LogP contribution in [0.4, 0.5) is 0 Å². The standard InChI is InChI=1S/C21H28N4.C2H6/c1-5-8-16(9-6-2)19-20(17-11-13-23-14-12-17)25-21(24-19)18(10-7-3)15-22-4;1-2/h5-6,8-9,11-14,18,22H,1,7,10,15H2,2-4H3,(H,24,25);1-2H3/b9-6-,16-8+;. The summed E-state index contributed by atoms with van der Waals surface area (Å²) < 4.78 is 0. The molecule has 4 heteroatoms. The van der Waals surface area contributed by atoms with Crippen LogP contribution in [0.5, 0.6) is 0 Å². The molecule has 2 heterocycles. The van der Waals surface area contributed by atoms with Crippen molar-refractivity contribution >= 4 is 5.57 Å². The Balaban J connectivity index is 0.00000176. The van der Waals surface area contributed by atoms with Gasteiger partial charge in [-0.3, -0.25) is 4.98 Å². The van der Waals surface area contributed by atoms with E-state index in [0.29, 0.717) is 5.92 Å². The van der Waals surface area contributed by atoms with E-state index in [0.717, 1.165) is 47.7 Å². The highest BCUT2D eigenvalue weighted by Gasteiger charge is 2.19. The van der Waals surface area contributed by atoms with E-state index >= 15 is 0 Å². The van der Waals surface area contributed by atoms with Crippen molar-refractivity contribution in [3.63, 3.8) is 0 Å². The zero-order valence-electron chi connectivity index (χ0n) is 17.4. The highest BCUT2D eigenvalue weighted by molar-refractivity contribution is 5.82. The monoisotopic (exact) mass is 366 g/mol. The molecule has 0 aromatic carbocycles. The van der Waals surface area contributed by atoms with Gasteiger partial charge < -0.3 is 10.3 Å². The van der Waals surface area contributed by atoms with Gasteiger partial charge in [-0.25, -0.2) is 4.98 Å². The molecule has 0 bridgehead atoms. The minimum absolute atomic E-state index is 0.361. The fourth-order valence-corrected chi connectivity index (χ4v) is 2.97. The second-order valence-electron chi connectivity index (χ2n) is 5.98. The maximum atomic E-state index is 4.98. The fourth-order valence-electron chi connectivity index (χ4n) is 2.97. The summed E-state index contributed by atoms with van der Waals surface area (Å²) in [5.41, 5.74) is 4.12. The first-order valence-electron chi connectivity index (χ1n) is 9.85. The second kappa shape index (κ2) is 12.8. The lowest BCUT2D eigenvalue weighted by molar-refractivity contribution is 0.553. The van der Waals surface area contributed by atoms with Gasteiger partial charge in [0.25, 0.3) is 0 Å². The molecule has 2 rings (SSSR count). The van der Waals surface area contributed by atoms with Gasteiger partial charge in [0.2, 0.25) is 0 Å². The van der Waals surface area contributed by atoms with Crippen LogP contribution in [-0.2, 0) is 0 Å². The zero-order valence-corrected chi connectivity index (χ0v) is 17.4. The third-order valence-corrected chi connectivity index (χ3v) is 4.08. The van der Waals surface area contributed by atoms with E-state index in [1.54, 1.807) is 6.08 Å². The predicted octanol–water partition coefficient (Wildman–Crippen LogP) is 5.75. The topological polar surface area (TPSA) is 53.6 Å². The van der Waals surface area contributed by atoms with Crippen LogP contribution in [0, 0.1) is 0 Å². The molecule has 0 saturated heterocycles. The minimum Gasteiger partial charge on any atom is -0.341 e. The molecular formula is C23H34N4. The molecule has 0 fully saturated rings. The number of nitrogens with one attached hydrogen (secondary N) is 2. The molecule has 1 unspecified atom stereocenters. The number of likely N-dealkylation sites (N-methyl/N-ethyl adjacent to an activating group) is 1. The molecule has 2 aromatic rings. The van der Waals surface area contributed by atoms with Crippen molar-refractivity contribution in [3.05, 3.63) is 66.9 Å². The molecule has 0 aliphatic carbocycles. The number of hydrogen-bond acceptors (Lipinski definition) is 3. The Bertz CT molecular complexity index is 720. The molecule has 0 aliphatic rings. The van der Waals surface area contributed by atoms with Gasteiger partial charge in [0.15, 0.2) is 0 Å². The van der Waals surface area contributed by atoms with E-state index in [-0.39, 0.29) is 0 Å². The SMILES string of the molecule is C=C/C=C(\C=C/C)c1nc(C(CCC)CNC)[nH]c1-c1ccncc1.CC. The molecular weight excluding hydrogens is 332 g/mol. The lowest BCUT2D eigenvalue weighted by Crippen LogP contribution is -2.18. The first-order chi connectivity index (χ1) is 13.2. The average molecular weight is 367 g/mol. The first-order valence-corrected chi connectivity index (χ1v) is 9.85. The van der Waals surface area contributed by atoms with E-state index in [9.17, 15) is 0 Å². The number of aromatic amines is 1. The van der Waals surface area contributed by atoms with Crippen molar-refractivity contribution in [3.8, 4) is 11.3 Å². The Hall–Kier alpha value is -2.46. The van der Waals surface area contributed by atoms with Crippen molar-refractivity contribution in [1.29, 1.82) is 0 Å². The summed E-state index contributed by atoms with van der Waals surface area (Å²) in [6, 6.07) is 4.02. The summed E-state index contributed by atoms with van der Waals surface area (Å²) in [6.07, 6.45) is 13.7. The minimum atomic E-state index is 0.361. The summed E-state index contributed by atoms with van der Waals surface area (Å²) in [4.78, 5) is 12.7. The number of H-pyrrole nitrogens is 1. The molecule has 27 heavy (non-hydrogen) atoms. The van der Waals surface area contributed by atoms with Crippen molar-refractivity contribution in [2.45, 2.75) is 46.5 Å². The summed E-state index contributed by atoms with van der Waals surface area (Å²) in [6.45, 7) is 13.0. The van der Waals surface area contributed by atoms with Crippen LogP contribution >= 0.6 is 0 Å². The summed E-state index contributed by atoms with van der Waals surface area (Å²) in [7, 11) is 1.99. The van der Waals surface area contributed by atoms with E-state index in [1.165, 1.54) is 0 Å². The van der Waals surface area contributed by atoms with Gasteiger partial charge in [-0.1, -0.05) is 58.1 Å². The van der Waals surface area contributed by atoms with Crippen LogP contribution in [0.25, 0.3) is 16.8 Å². The molecule has 1 atom stereocenters. The maximum absolute atomic E-state index is 4.98. The van der Waals surface area contributed by atoms with E-state index in [1.807, 2.05) is 64.5 Å². The molecule has 0 amide bonds. The highest BCUT2D eigenvalue weighted by Crippen LogP contribution is 2.30. The van der Waals surface area contributed by atoms with E-state index < -0.39 is 0 Å². The normalized spacial score (nSPS) is 12.6. The number of rotatable bonds is 9. The fraction of sp³-hybridized carbons (Fsp3) is 0.391. The third kappa shape index (κ3) is 6.33. The van der Waals surface area contributed by atoms with Crippen molar-refractivity contribution < 1.29 is 0 Å². The number of nitrogens with zero attached hydrogens (tertiary/aromatic N) is 2. The van der Waals surface area contributed by atoms with Gasteiger partial charge in [0, 0.05) is 36.0 Å². The van der Waals surface area contributed by atoms with E-state index in [4.69, 9.17) is 4.98 Å². The Morgan fingerprint density at radius 3 is 2.56 bits per heavy atom. The Kier molecular flexibility index (Phi) is 10.7. The van der Waals surface area contributed by atoms with Gasteiger partial charge in [0.1, 0.15) is 5.82 Å². The third-order valence-electron chi connectivity index (χ3n) is 4.08. The Morgan fingerprint density at radius 1 is 1.30 bits per heavy atom. The van der Waals surface area contributed by atoms with Crippen LogP contribution < -0.4 is 5.32 Å². The first kappa shape index (κ1) is 22.6. The number of pyridine rings is 1. The molecule has 0 radical (unpaired) electrons. The smallest absolute Gasteiger partial charge is 0.111 e. The van der Waals surface area contributed by atoms with Crippen molar-refractivity contribution in [2.75, 3.05) is 13.6 Å². The molecule has 4 nitrogen and oxygen atoms in total. The van der Waals surface area contributed by atoms with Crippen LogP contribution in [-0.4, -0.2) is 28.5 Å². The summed E-state index contributed by atoms with van der Waals surface area (Å²) in [5.74, 6) is 1.39. The highest BCUT2D eigenvalue weighted by atomic mass is 15.0. The molecule has 146 valence electrons. The largest absolute Gasteiger partial charge is 0.341 e. The lowest BCUT2D eigenvalue weighted by atomic mass is 10.0. The maximum Gasteiger partial charge on any atom is 0.111 e. The Morgan fingerprint density at radius 2 is 2.00 bits per heavy atom. The predicted molar refractivity (Wildman–Crippen MR) is 118 cm³/mol. The molecule has 0 aliphatic heterocycles. The average Bonchev–Trinajstić information content (AvgIpc) is 3.15. The number of aromatic nitrogens is 3. The van der Waals surface area contributed by atoms with Gasteiger partial charge in [-0.2, -0.15) is 0 Å². The van der Waals surface area contributed by atoms with Crippen molar-refractivity contribution in [1.82, 2.24) is 20.3 Å².